The lowest BCUT2D eigenvalue weighted by molar-refractivity contribution is 0.543. The smallest absolute Gasteiger partial charge is 0.229 e. The number of nitrogens with one attached hydrogen (secondary N) is 1. The molecule has 0 aliphatic rings. The number of rotatable bonds is 5. The standard InChI is InChI=1S/C12H20N6/c1-4-8(3)6-18(5-2)12-16-10(13)9-11(17-12)15-7-14-9/h7-8H,4-6H2,1-3H3,(H3,13,14,15,16,17). The molecule has 6 nitrogen and oxygen atoms in total. The van der Waals surface area contributed by atoms with E-state index in [0.717, 1.165) is 19.5 Å². The Morgan fingerprint density at radius 3 is 2.83 bits per heavy atom. The van der Waals surface area contributed by atoms with E-state index in [1.165, 1.54) is 0 Å². The van der Waals surface area contributed by atoms with Gasteiger partial charge in [-0.1, -0.05) is 20.3 Å². The van der Waals surface area contributed by atoms with E-state index < -0.39 is 0 Å². The summed E-state index contributed by atoms with van der Waals surface area (Å²) >= 11 is 0. The van der Waals surface area contributed by atoms with Crippen LogP contribution in [0, 0.1) is 5.92 Å². The van der Waals surface area contributed by atoms with Crippen LogP contribution in [0.4, 0.5) is 11.8 Å². The molecule has 2 heterocycles. The van der Waals surface area contributed by atoms with Gasteiger partial charge in [0.15, 0.2) is 11.5 Å². The van der Waals surface area contributed by atoms with Crippen molar-refractivity contribution in [3.8, 4) is 0 Å². The molecule has 0 aliphatic carbocycles. The van der Waals surface area contributed by atoms with Crippen LogP contribution in [0.5, 0.6) is 0 Å². The van der Waals surface area contributed by atoms with Gasteiger partial charge in [-0.15, -0.1) is 0 Å². The van der Waals surface area contributed by atoms with E-state index in [-0.39, 0.29) is 0 Å². The summed E-state index contributed by atoms with van der Waals surface area (Å²) < 4.78 is 0. The highest BCUT2D eigenvalue weighted by molar-refractivity contribution is 5.82. The summed E-state index contributed by atoms with van der Waals surface area (Å²) in [7, 11) is 0. The van der Waals surface area contributed by atoms with E-state index in [0.29, 0.717) is 28.8 Å². The summed E-state index contributed by atoms with van der Waals surface area (Å²) in [5.41, 5.74) is 7.24. The molecule has 0 radical (unpaired) electrons. The molecule has 1 unspecified atom stereocenters. The minimum Gasteiger partial charge on any atom is -0.382 e. The molecule has 1 atom stereocenters. The van der Waals surface area contributed by atoms with Crippen LogP contribution in [0.15, 0.2) is 6.33 Å². The molecule has 0 amide bonds. The third-order valence-electron chi connectivity index (χ3n) is 3.20. The second-order valence-electron chi connectivity index (χ2n) is 4.56. The number of nitrogen functional groups attached to an aromatic ring is 1. The molecule has 2 rings (SSSR count). The van der Waals surface area contributed by atoms with Gasteiger partial charge in [-0.05, 0) is 12.8 Å². The van der Waals surface area contributed by atoms with Gasteiger partial charge in [0.25, 0.3) is 0 Å². The zero-order valence-corrected chi connectivity index (χ0v) is 11.1. The summed E-state index contributed by atoms with van der Waals surface area (Å²) in [5.74, 6) is 1.72. The van der Waals surface area contributed by atoms with Gasteiger partial charge >= 0.3 is 0 Å². The first-order valence-corrected chi connectivity index (χ1v) is 6.37. The fraction of sp³-hybridized carbons (Fsp3) is 0.583. The van der Waals surface area contributed by atoms with Crippen LogP contribution in [-0.2, 0) is 0 Å². The summed E-state index contributed by atoms with van der Waals surface area (Å²) in [6.45, 7) is 8.29. The molecule has 18 heavy (non-hydrogen) atoms. The lowest BCUT2D eigenvalue weighted by atomic mass is 10.1. The van der Waals surface area contributed by atoms with E-state index in [4.69, 9.17) is 5.73 Å². The number of hydrogen-bond acceptors (Lipinski definition) is 5. The third kappa shape index (κ3) is 2.37. The Morgan fingerprint density at radius 2 is 2.17 bits per heavy atom. The van der Waals surface area contributed by atoms with Crippen molar-refractivity contribution in [1.82, 2.24) is 19.9 Å². The number of fused-ring (bicyclic) bond motifs is 1. The predicted octanol–water partition coefficient (Wildman–Crippen LogP) is 1.81. The maximum absolute atomic E-state index is 5.91. The number of H-pyrrole nitrogens is 1. The van der Waals surface area contributed by atoms with Crippen molar-refractivity contribution in [3.05, 3.63) is 6.33 Å². The molecule has 0 bridgehead atoms. The van der Waals surface area contributed by atoms with Crippen molar-refractivity contribution in [2.45, 2.75) is 27.2 Å². The number of aromatic nitrogens is 4. The fourth-order valence-corrected chi connectivity index (χ4v) is 1.84. The molecular formula is C12H20N6. The van der Waals surface area contributed by atoms with E-state index >= 15 is 0 Å². The number of anilines is 2. The van der Waals surface area contributed by atoms with Crippen molar-refractivity contribution in [1.29, 1.82) is 0 Å². The Labute approximate surface area is 107 Å². The molecule has 0 fully saturated rings. The summed E-state index contributed by atoms with van der Waals surface area (Å²) in [4.78, 5) is 18.0. The van der Waals surface area contributed by atoms with Gasteiger partial charge < -0.3 is 15.6 Å². The highest BCUT2D eigenvalue weighted by Crippen LogP contribution is 2.19. The van der Waals surface area contributed by atoms with Crippen LogP contribution in [0.2, 0.25) is 0 Å². The molecule has 98 valence electrons. The van der Waals surface area contributed by atoms with Crippen LogP contribution in [-0.4, -0.2) is 33.0 Å². The molecule has 0 aliphatic heterocycles. The first-order chi connectivity index (χ1) is 8.65. The highest BCUT2D eigenvalue weighted by atomic mass is 15.3. The van der Waals surface area contributed by atoms with Crippen molar-refractivity contribution in [3.63, 3.8) is 0 Å². The SMILES string of the molecule is CCC(C)CN(CC)c1nc(N)c2[nH]cnc2n1. The highest BCUT2D eigenvalue weighted by Gasteiger charge is 2.14. The number of nitrogens with two attached hydrogens (primary N) is 1. The number of hydrogen-bond donors (Lipinski definition) is 2. The summed E-state index contributed by atoms with van der Waals surface area (Å²) in [6, 6.07) is 0. The van der Waals surface area contributed by atoms with Gasteiger partial charge in [-0.25, -0.2) is 4.98 Å². The molecule has 0 spiro atoms. The van der Waals surface area contributed by atoms with Gasteiger partial charge in [-0.3, -0.25) is 0 Å². The number of aromatic amines is 1. The average Bonchev–Trinajstić information content (AvgIpc) is 2.84. The van der Waals surface area contributed by atoms with Crippen LogP contribution < -0.4 is 10.6 Å². The maximum atomic E-state index is 5.91. The molecule has 2 aromatic heterocycles. The molecule has 0 saturated heterocycles. The average molecular weight is 248 g/mol. The number of nitrogens with zero attached hydrogens (tertiary/aromatic N) is 4. The van der Waals surface area contributed by atoms with E-state index in [1.807, 2.05) is 0 Å². The van der Waals surface area contributed by atoms with Gasteiger partial charge in [0.1, 0.15) is 5.52 Å². The molecule has 2 aromatic rings. The molecule has 3 N–H and O–H groups in total. The summed E-state index contributed by atoms with van der Waals surface area (Å²) in [6.07, 6.45) is 2.72. The van der Waals surface area contributed by atoms with E-state index in [9.17, 15) is 0 Å². The number of imidazole rings is 1. The zero-order valence-electron chi connectivity index (χ0n) is 11.1. The largest absolute Gasteiger partial charge is 0.382 e. The Kier molecular flexibility index (Phi) is 3.64. The second kappa shape index (κ2) is 5.20. The lowest BCUT2D eigenvalue weighted by Gasteiger charge is -2.24. The Hall–Kier alpha value is -1.85. The molecule has 0 aromatic carbocycles. The third-order valence-corrected chi connectivity index (χ3v) is 3.20. The van der Waals surface area contributed by atoms with E-state index in [1.54, 1.807) is 6.33 Å². The second-order valence-corrected chi connectivity index (χ2v) is 4.56. The lowest BCUT2D eigenvalue weighted by Crippen LogP contribution is -2.30. The van der Waals surface area contributed by atoms with Crippen molar-refractivity contribution in [2.24, 2.45) is 5.92 Å². The van der Waals surface area contributed by atoms with Crippen LogP contribution in [0.3, 0.4) is 0 Å². The Balaban J connectivity index is 2.32. The van der Waals surface area contributed by atoms with Crippen molar-refractivity contribution < 1.29 is 0 Å². The van der Waals surface area contributed by atoms with Crippen molar-refractivity contribution in [2.75, 3.05) is 23.7 Å². The van der Waals surface area contributed by atoms with E-state index in [2.05, 4.69) is 45.6 Å². The van der Waals surface area contributed by atoms with Gasteiger partial charge in [0.05, 0.1) is 6.33 Å². The predicted molar refractivity (Wildman–Crippen MR) is 73.4 cm³/mol. The van der Waals surface area contributed by atoms with Crippen LogP contribution in [0.25, 0.3) is 11.2 Å². The monoisotopic (exact) mass is 248 g/mol. The van der Waals surface area contributed by atoms with Gasteiger partial charge in [0.2, 0.25) is 5.95 Å². The molecular weight excluding hydrogens is 228 g/mol. The first kappa shape index (κ1) is 12.6. The Morgan fingerprint density at radius 1 is 1.39 bits per heavy atom. The Bertz CT molecular complexity index is 520. The minimum atomic E-state index is 0.454. The van der Waals surface area contributed by atoms with Gasteiger partial charge in [-0.2, -0.15) is 9.97 Å². The molecule has 6 heteroatoms. The van der Waals surface area contributed by atoms with Crippen LogP contribution in [0.1, 0.15) is 27.2 Å². The van der Waals surface area contributed by atoms with Crippen molar-refractivity contribution >= 4 is 22.9 Å². The zero-order chi connectivity index (χ0) is 13.1. The van der Waals surface area contributed by atoms with Crippen LogP contribution >= 0.6 is 0 Å². The first-order valence-electron chi connectivity index (χ1n) is 6.37. The molecule has 0 saturated carbocycles. The summed E-state index contributed by atoms with van der Waals surface area (Å²) in [5, 5.41) is 0. The fourth-order valence-electron chi connectivity index (χ4n) is 1.84. The van der Waals surface area contributed by atoms with Gasteiger partial charge in [0, 0.05) is 13.1 Å². The topological polar surface area (TPSA) is 83.7 Å². The maximum Gasteiger partial charge on any atom is 0.229 e. The quantitative estimate of drug-likeness (QED) is 0.843. The normalized spacial score (nSPS) is 12.8. The minimum absolute atomic E-state index is 0.454.